The third-order valence-corrected chi connectivity index (χ3v) is 9.47. The number of aryl methyl sites for hydroxylation is 5. The second-order valence-corrected chi connectivity index (χ2v) is 12.6. The van der Waals surface area contributed by atoms with E-state index in [1.807, 2.05) is 89.2 Å². The van der Waals surface area contributed by atoms with E-state index in [1.165, 1.54) is 4.31 Å². The van der Waals surface area contributed by atoms with Crippen molar-refractivity contribution >= 4 is 33.2 Å². The highest BCUT2D eigenvalue weighted by Crippen LogP contribution is 2.28. The first kappa shape index (κ1) is 28.1. The highest BCUT2D eigenvalue weighted by atomic mass is 35.5. The van der Waals surface area contributed by atoms with Gasteiger partial charge in [0.05, 0.1) is 11.4 Å². The molecule has 0 bridgehead atoms. The van der Waals surface area contributed by atoms with Crippen LogP contribution in [0.2, 0.25) is 5.02 Å². The van der Waals surface area contributed by atoms with Crippen molar-refractivity contribution in [1.29, 1.82) is 0 Å². The van der Waals surface area contributed by atoms with Gasteiger partial charge in [-0.3, -0.25) is 4.79 Å². The van der Waals surface area contributed by atoms with Crippen molar-refractivity contribution in [3.05, 3.63) is 93.0 Å². The van der Waals surface area contributed by atoms with Gasteiger partial charge in [0.1, 0.15) is 0 Å². The zero-order valence-corrected chi connectivity index (χ0v) is 24.4. The van der Waals surface area contributed by atoms with Crippen molar-refractivity contribution < 1.29 is 13.2 Å². The summed E-state index contributed by atoms with van der Waals surface area (Å²) in [6.45, 7) is 11.9. The molecule has 0 unspecified atom stereocenters. The van der Waals surface area contributed by atoms with E-state index in [0.29, 0.717) is 42.3 Å². The molecule has 3 aromatic carbocycles. The molecular formula is C30H36ClN3O3S. The summed E-state index contributed by atoms with van der Waals surface area (Å²) in [6, 6.07) is 17.3. The standard InChI is InChI=1S/C30H36ClN3O3S/c1-21-6-9-26(10-7-21)19-34(38(36,37)30-24(4)16-22(2)17-25(30)5)20-29(35)33-14-12-32(13-15-33)28-18-27(31)11-8-23(28)3/h6-11,16-18H,12-15,19-20H2,1-5H3. The van der Waals surface area contributed by atoms with Gasteiger partial charge in [0, 0.05) is 43.4 Å². The Labute approximate surface area is 231 Å². The number of rotatable bonds is 7. The summed E-state index contributed by atoms with van der Waals surface area (Å²) in [5.41, 5.74) is 6.52. The van der Waals surface area contributed by atoms with Crippen molar-refractivity contribution in [3.8, 4) is 0 Å². The van der Waals surface area contributed by atoms with Gasteiger partial charge in [-0.05, 0) is 69.0 Å². The van der Waals surface area contributed by atoms with Crippen molar-refractivity contribution in [1.82, 2.24) is 9.21 Å². The molecule has 4 rings (SSSR count). The fourth-order valence-electron chi connectivity index (χ4n) is 5.20. The topological polar surface area (TPSA) is 60.9 Å². The molecule has 6 nitrogen and oxygen atoms in total. The summed E-state index contributed by atoms with van der Waals surface area (Å²) < 4.78 is 29.4. The Hall–Kier alpha value is -2.87. The maximum atomic E-state index is 14.0. The van der Waals surface area contributed by atoms with Gasteiger partial charge in [-0.1, -0.05) is 65.2 Å². The van der Waals surface area contributed by atoms with E-state index in [1.54, 1.807) is 4.90 Å². The number of halogens is 1. The molecule has 0 spiro atoms. The van der Waals surface area contributed by atoms with Crippen LogP contribution in [0.15, 0.2) is 59.5 Å². The Bertz CT molecular complexity index is 1410. The summed E-state index contributed by atoms with van der Waals surface area (Å²) in [4.78, 5) is 17.8. The highest BCUT2D eigenvalue weighted by molar-refractivity contribution is 7.89. The van der Waals surface area contributed by atoms with Gasteiger partial charge in [0.2, 0.25) is 15.9 Å². The molecule has 0 aromatic heterocycles. The van der Waals surface area contributed by atoms with Crippen molar-refractivity contribution in [2.24, 2.45) is 0 Å². The van der Waals surface area contributed by atoms with Crippen molar-refractivity contribution in [2.45, 2.75) is 46.1 Å². The van der Waals surface area contributed by atoms with Crippen LogP contribution >= 0.6 is 11.6 Å². The van der Waals surface area contributed by atoms with Crippen LogP contribution in [-0.4, -0.2) is 56.3 Å². The molecule has 3 aromatic rings. The first-order valence-electron chi connectivity index (χ1n) is 12.9. The Morgan fingerprint density at radius 1 is 0.816 bits per heavy atom. The molecule has 1 amide bonds. The Morgan fingerprint density at radius 2 is 1.42 bits per heavy atom. The summed E-state index contributed by atoms with van der Waals surface area (Å²) in [7, 11) is -3.92. The van der Waals surface area contributed by atoms with E-state index in [9.17, 15) is 13.2 Å². The smallest absolute Gasteiger partial charge is 0.244 e. The number of sulfonamides is 1. The van der Waals surface area contributed by atoms with Crippen LogP contribution in [-0.2, 0) is 21.4 Å². The lowest BCUT2D eigenvalue weighted by Crippen LogP contribution is -2.52. The monoisotopic (exact) mass is 553 g/mol. The molecule has 1 aliphatic rings. The lowest BCUT2D eigenvalue weighted by molar-refractivity contribution is -0.131. The molecule has 0 aliphatic carbocycles. The van der Waals surface area contributed by atoms with E-state index in [0.717, 1.165) is 27.9 Å². The van der Waals surface area contributed by atoms with Gasteiger partial charge in [0.15, 0.2) is 0 Å². The lowest BCUT2D eigenvalue weighted by Gasteiger charge is -2.37. The number of carbonyl (C=O) groups excluding carboxylic acids is 1. The van der Waals surface area contributed by atoms with Crippen LogP contribution < -0.4 is 4.90 Å². The van der Waals surface area contributed by atoms with Crippen LogP contribution in [0, 0.1) is 34.6 Å². The number of amides is 1. The van der Waals surface area contributed by atoms with Gasteiger partial charge in [-0.2, -0.15) is 4.31 Å². The van der Waals surface area contributed by atoms with Crippen LogP contribution in [0.5, 0.6) is 0 Å². The third kappa shape index (κ3) is 6.22. The van der Waals surface area contributed by atoms with E-state index >= 15 is 0 Å². The molecule has 0 saturated carbocycles. The molecular weight excluding hydrogens is 518 g/mol. The minimum Gasteiger partial charge on any atom is -0.368 e. The SMILES string of the molecule is Cc1ccc(CN(CC(=O)N2CCN(c3cc(Cl)ccc3C)CC2)S(=O)(=O)c2c(C)cc(C)cc2C)cc1. The normalized spacial score (nSPS) is 14.3. The molecule has 1 saturated heterocycles. The van der Waals surface area contributed by atoms with Gasteiger partial charge >= 0.3 is 0 Å². The fourth-order valence-corrected chi connectivity index (χ4v) is 7.15. The predicted octanol–water partition coefficient (Wildman–Crippen LogP) is 5.42. The number of hydrogen-bond donors (Lipinski definition) is 0. The van der Waals surface area contributed by atoms with Crippen LogP contribution in [0.25, 0.3) is 0 Å². The largest absolute Gasteiger partial charge is 0.368 e. The molecule has 0 radical (unpaired) electrons. The number of anilines is 1. The molecule has 8 heteroatoms. The Balaban J connectivity index is 1.56. The number of nitrogens with zero attached hydrogens (tertiary/aromatic N) is 3. The van der Waals surface area contributed by atoms with Crippen LogP contribution in [0.4, 0.5) is 5.69 Å². The fraction of sp³-hybridized carbons (Fsp3) is 0.367. The molecule has 1 fully saturated rings. The Kier molecular flexibility index (Phi) is 8.50. The molecule has 1 aliphatic heterocycles. The highest BCUT2D eigenvalue weighted by Gasteiger charge is 2.32. The second-order valence-electron chi connectivity index (χ2n) is 10.3. The number of piperazine rings is 1. The van der Waals surface area contributed by atoms with Crippen LogP contribution in [0.1, 0.15) is 33.4 Å². The Morgan fingerprint density at radius 3 is 2.03 bits per heavy atom. The zero-order chi connectivity index (χ0) is 27.6. The number of benzene rings is 3. The van der Waals surface area contributed by atoms with Gasteiger partial charge < -0.3 is 9.80 Å². The molecule has 38 heavy (non-hydrogen) atoms. The van der Waals surface area contributed by atoms with Crippen molar-refractivity contribution in [3.63, 3.8) is 0 Å². The minimum atomic E-state index is -3.92. The maximum absolute atomic E-state index is 14.0. The molecule has 0 N–H and O–H groups in total. The zero-order valence-electron chi connectivity index (χ0n) is 22.8. The molecule has 1 heterocycles. The van der Waals surface area contributed by atoms with E-state index in [4.69, 9.17) is 11.6 Å². The lowest BCUT2D eigenvalue weighted by atomic mass is 10.1. The predicted molar refractivity (Wildman–Crippen MR) is 154 cm³/mol. The van der Waals surface area contributed by atoms with Gasteiger partial charge in [0.25, 0.3) is 0 Å². The minimum absolute atomic E-state index is 0.128. The van der Waals surface area contributed by atoms with Gasteiger partial charge in [-0.15, -0.1) is 0 Å². The average Bonchev–Trinajstić information content (AvgIpc) is 2.85. The first-order valence-corrected chi connectivity index (χ1v) is 14.7. The van der Waals surface area contributed by atoms with E-state index in [-0.39, 0.29) is 23.9 Å². The second kappa shape index (κ2) is 11.5. The van der Waals surface area contributed by atoms with E-state index < -0.39 is 10.0 Å². The van der Waals surface area contributed by atoms with E-state index in [2.05, 4.69) is 4.90 Å². The number of hydrogen-bond acceptors (Lipinski definition) is 4. The maximum Gasteiger partial charge on any atom is 0.244 e. The van der Waals surface area contributed by atoms with Crippen LogP contribution in [0.3, 0.4) is 0 Å². The summed E-state index contributed by atoms with van der Waals surface area (Å²) in [5, 5.41) is 0.683. The average molecular weight is 554 g/mol. The summed E-state index contributed by atoms with van der Waals surface area (Å²) in [5.74, 6) is -0.189. The third-order valence-electron chi connectivity index (χ3n) is 7.14. The summed E-state index contributed by atoms with van der Waals surface area (Å²) in [6.07, 6.45) is 0. The van der Waals surface area contributed by atoms with Gasteiger partial charge in [-0.25, -0.2) is 8.42 Å². The first-order chi connectivity index (χ1) is 18.0. The molecule has 0 atom stereocenters. The van der Waals surface area contributed by atoms with Crippen molar-refractivity contribution in [2.75, 3.05) is 37.6 Å². The number of carbonyl (C=O) groups is 1. The quantitative estimate of drug-likeness (QED) is 0.392. The summed E-state index contributed by atoms with van der Waals surface area (Å²) >= 11 is 6.22. The molecule has 202 valence electrons.